The van der Waals surface area contributed by atoms with Gasteiger partial charge in [-0.2, -0.15) is 0 Å². The third kappa shape index (κ3) is 1.44. The van der Waals surface area contributed by atoms with E-state index in [4.69, 9.17) is 4.74 Å². The number of hydrogen-bond donors (Lipinski definition) is 2. The number of benzene rings is 1. The van der Waals surface area contributed by atoms with E-state index in [-0.39, 0.29) is 11.9 Å². The summed E-state index contributed by atoms with van der Waals surface area (Å²) < 4.78 is 5.54. The van der Waals surface area contributed by atoms with Crippen molar-refractivity contribution in [2.45, 2.75) is 32.0 Å². The Kier molecular flexibility index (Phi) is 1.93. The normalized spacial score (nSPS) is 20.4. The molecule has 0 saturated heterocycles. The van der Waals surface area contributed by atoms with Crippen LogP contribution in [0, 0.1) is 0 Å². The van der Waals surface area contributed by atoms with Crippen molar-refractivity contribution >= 4 is 0 Å². The molecule has 0 aromatic heterocycles. The van der Waals surface area contributed by atoms with Crippen molar-refractivity contribution < 1.29 is 14.9 Å². The molecular weight excluding hydrogens is 180 g/mol. The quantitative estimate of drug-likeness (QED) is 0.711. The number of ether oxygens (including phenoxy) is 1. The first kappa shape index (κ1) is 9.34. The zero-order chi connectivity index (χ0) is 10.3. The van der Waals surface area contributed by atoms with Crippen molar-refractivity contribution in [2.24, 2.45) is 0 Å². The second-order valence-corrected chi connectivity index (χ2v) is 4.22. The Morgan fingerprint density at radius 3 is 2.71 bits per heavy atom. The molecular formula is C11H14O3. The zero-order valence-electron chi connectivity index (χ0n) is 8.32. The number of hydrogen-bond acceptors (Lipinski definition) is 3. The van der Waals surface area contributed by atoms with E-state index in [1.165, 1.54) is 0 Å². The lowest BCUT2D eigenvalue weighted by Crippen LogP contribution is -2.39. The average molecular weight is 194 g/mol. The number of fused-ring (bicyclic) bond motifs is 1. The largest absolute Gasteiger partial charge is 0.508 e. The maximum Gasteiger partial charge on any atom is 0.131 e. The molecule has 0 spiro atoms. The Balaban J connectivity index is 2.31. The molecule has 1 heterocycles. The number of aromatic hydroxyl groups is 1. The molecule has 14 heavy (non-hydrogen) atoms. The first-order chi connectivity index (χ1) is 6.48. The van der Waals surface area contributed by atoms with Gasteiger partial charge in [0.1, 0.15) is 17.6 Å². The molecule has 3 nitrogen and oxygen atoms in total. The molecule has 2 rings (SSSR count). The van der Waals surface area contributed by atoms with Gasteiger partial charge in [-0.3, -0.25) is 0 Å². The molecule has 1 unspecified atom stereocenters. The van der Waals surface area contributed by atoms with Crippen LogP contribution in [0.2, 0.25) is 0 Å². The number of phenolic OH excluding ortho intramolecular Hbond substituents is 1. The summed E-state index contributed by atoms with van der Waals surface area (Å²) in [4.78, 5) is 0. The molecule has 1 atom stereocenters. The van der Waals surface area contributed by atoms with E-state index < -0.39 is 5.60 Å². The summed E-state index contributed by atoms with van der Waals surface area (Å²) in [6.45, 7) is 3.42. The molecule has 0 aliphatic carbocycles. The van der Waals surface area contributed by atoms with E-state index in [1.807, 2.05) is 0 Å². The second kappa shape index (κ2) is 2.89. The molecule has 76 valence electrons. The van der Waals surface area contributed by atoms with Crippen LogP contribution in [0.15, 0.2) is 18.2 Å². The summed E-state index contributed by atoms with van der Waals surface area (Å²) in [7, 11) is 0. The Bertz CT molecular complexity index is 352. The predicted octanol–water partition coefficient (Wildman–Crippen LogP) is 1.47. The van der Waals surface area contributed by atoms with Gasteiger partial charge in [0.25, 0.3) is 0 Å². The molecule has 0 saturated carbocycles. The van der Waals surface area contributed by atoms with Crippen LogP contribution >= 0.6 is 0 Å². The predicted molar refractivity (Wildman–Crippen MR) is 52.5 cm³/mol. The van der Waals surface area contributed by atoms with Crippen LogP contribution in [0.1, 0.15) is 19.4 Å². The first-order valence-corrected chi connectivity index (χ1v) is 4.68. The molecule has 1 aromatic rings. The minimum atomic E-state index is -0.883. The molecule has 0 fully saturated rings. The average Bonchev–Trinajstić information content (AvgIpc) is 2.48. The monoisotopic (exact) mass is 194 g/mol. The SMILES string of the molecule is CC(C)(O)C1Cc2c(O)cccc2O1. The van der Waals surface area contributed by atoms with E-state index in [9.17, 15) is 10.2 Å². The fourth-order valence-electron chi connectivity index (χ4n) is 1.64. The third-order valence-corrected chi connectivity index (χ3v) is 2.56. The fraction of sp³-hybridized carbons (Fsp3) is 0.455. The second-order valence-electron chi connectivity index (χ2n) is 4.22. The van der Waals surface area contributed by atoms with Crippen LogP contribution < -0.4 is 4.74 Å². The number of aliphatic hydroxyl groups is 1. The van der Waals surface area contributed by atoms with Crippen LogP contribution in [0.3, 0.4) is 0 Å². The fourth-order valence-corrected chi connectivity index (χ4v) is 1.64. The maximum absolute atomic E-state index is 9.77. The summed E-state index contributed by atoms with van der Waals surface area (Å²) in [5.74, 6) is 0.923. The topological polar surface area (TPSA) is 49.7 Å². The van der Waals surface area contributed by atoms with Gasteiger partial charge in [-0.1, -0.05) is 6.07 Å². The molecule has 1 aliphatic rings. The van der Waals surface area contributed by atoms with Gasteiger partial charge in [0.05, 0.1) is 5.60 Å². The van der Waals surface area contributed by atoms with Crippen molar-refractivity contribution in [3.05, 3.63) is 23.8 Å². The van der Waals surface area contributed by atoms with E-state index in [0.29, 0.717) is 12.2 Å². The highest BCUT2D eigenvalue weighted by atomic mass is 16.5. The summed E-state index contributed by atoms with van der Waals surface area (Å²) in [6, 6.07) is 5.18. The summed E-state index contributed by atoms with van der Waals surface area (Å²) in [5, 5.41) is 19.3. The maximum atomic E-state index is 9.77. The highest BCUT2D eigenvalue weighted by molar-refractivity contribution is 5.47. The van der Waals surface area contributed by atoms with Gasteiger partial charge in [0.2, 0.25) is 0 Å². The minimum absolute atomic E-state index is 0.245. The van der Waals surface area contributed by atoms with Crippen LogP contribution in [0.5, 0.6) is 11.5 Å². The van der Waals surface area contributed by atoms with Crippen molar-refractivity contribution in [1.29, 1.82) is 0 Å². The molecule has 1 aromatic carbocycles. The molecule has 2 N–H and O–H groups in total. The van der Waals surface area contributed by atoms with Crippen molar-refractivity contribution in [1.82, 2.24) is 0 Å². The van der Waals surface area contributed by atoms with Crippen LogP contribution in [-0.4, -0.2) is 21.9 Å². The van der Waals surface area contributed by atoms with Gasteiger partial charge >= 0.3 is 0 Å². The summed E-state index contributed by atoms with van der Waals surface area (Å²) >= 11 is 0. The lowest BCUT2D eigenvalue weighted by molar-refractivity contribution is -0.0229. The highest BCUT2D eigenvalue weighted by Crippen LogP contribution is 2.37. The van der Waals surface area contributed by atoms with Crippen molar-refractivity contribution in [3.8, 4) is 11.5 Å². The van der Waals surface area contributed by atoms with E-state index in [1.54, 1.807) is 32.0 Å². The molecule has 0 bridgehead atoms. The standard InChI is InChI=1S/C11H14O3/c1-11(2,13)10-6-7-8(12)4-3-5-9(7)14-10/h3-5,10,12-13H,6H2,1-2H3. The lowest BCUT2D eigenvalue weighted by Gasteiger charge is -2.24. The van der Waals surface area contributed by atoms with E-state index in [2.05, 4.69) is 0 Å². The smallest absolute Gasteiger partial charge is 0.131 e. The first-order valence-electron chi connectivity index (χ1n) is 4.68. The minimum Gasteiger partial charge on any atom is -0.508 e. The van der Waals surface area contributed by atoms with E-state index >= 15 is 0 Å². The van der Waals surface area contributed by atoms with Gasteiger partial charge in [-0.15, -0.1) is 0 Å². The number of rotatable bonds is 1. The van der Waals surface area contributed by atoms with Gasteiger partial charge < -0.3 is 14.9 Å². The Hall–Kier alpha value is -1.22. The summed E-state index contributed by atoms with van der Waals surface area (Å²) in [5.41, 5.74) is -0.0922. The molecule has 0 amide bonds. The third-order valence-electron chi connectivity index (χ3n) is 2.56. The van der Waals surface area contributed by atoms with Gasteiger partial charge in [-0.25, -0.2) is 0 Å². The summed E-state index contributed by atoms with van der Waals surface area (Å²) in [6.07, 6.45) is 0.289. The molecule has 1 aliphatic heterocycles. The lowest BCUT2D eigenvalue weighted by atomic mass is 9.97. The van der Waals surface area contributed by atoms with Crippen LogP contribution in [0.25, 0.3) is 0 Å². The van der Waals surface area contributed by atoms with Gasteiger partial charge in [0, 0.05) is 12.0 Å². The van der Waals surface area contributed by atoms with Gasteiger partial charge in [-0.05, 0) is 26.0 Å². The van der Waals surface area contributed by atoms with Crippen LogP contribution in [0.4, 0.5) is 0 Å². The molecule has 3 heteroatoms. The Labute approximate surface area is 83.0 Å². The van der Waals surface area contributed by atoms with Gasteiger partial charge in [0.15, 0.2) is 0 Å². The molecule has 0 radical (unpaired) electrons. The highest BCUT2D eigenvalue weighted by Gasteiger charge is 2.35. The van der Waals surface area contributed by atoms with Crippen LogP contribution in [-0.2, 0) is 6.42 Å². The zero-order valence-corrected chi connectivity index (χ0v) is 8.32. The Morgan fingerprint density at radius 1 is 1.43 bits per heavy atom. The van der Waals surface area contributed by atoms with E-state index in [0.717, 1.165) is 5.56 Å². The Morgan fingerprint density at radius 2 is 2.14 bits per heavy atom. The number of phenols is 1. The van der Waals surface area contributed by atoms with Crippen molar-refractivity contribution in [2.75, 3.05) is 0 Å². The van der Waals surface area contributed by atoms with Crippen molar-refractivity contribution in [3.63, 3.8) is 0 Å².